The molecule has 6 heteroatoms. The summed E-state index contributed by atoms with van der Waals surface area (Å²) in [6, 6.07) is 0. The fraction of sp³-hybridized carbons (Fsp3) is 0.950. The van der Waals surface area contributed by atoms with Crippen molar-refractivity contribution in [1.82, 2.24) is 4.90 Å². The summed E-state index contributed by atoms with van der Waals surface area (Å²) in [5.74, 6) is 2.07. The second-order valence-corrected chi connectivity index (χ2v) is 8.69. The molecule has 6 nitrogen and oxygen atoms in total. The van der Waals surface area contributed by atoms with Crippen LogP contribution in [0.3, 0.4) is 0 Å². The maximum atomic E-state index is 12.9. The van der Waals surface area contributed by atoms with Gasteiger partial charge in [0.1, 0.15) is 6.10 Å². The summed E-state index contributed by atoms with van der Waals surface area (Å²) in [6.07, 6.45) is 5.92. The molecule has 1 amide bonds. The summed E-state index contributed by atoms with van der Waals surface area (Å²) in [6.45, 7) is 2.45. The highest BCUT2D eigenvalue weighted by molar-refractivity contribution is 5.79. The Labute approximate surface area is 157 Å². The van der Waals surface area contributed by atoms with Crippen molar-refractivity contribution in [1.29, 1.82) is 0 Å². The highest BCUT2D eigenvalue weighted by Gasteiger charge is 2.41. The summed E-state index contributed by atoms with van der Waals surface area (Å²) in [7, 11) is 1.53. The number of carbonyl (C=O) groups excluding carboxylic acids is 1. The lowest BCUT2D eigenvalue weighted by molar-refractivity contribution is -0.151. The van der Waals surface area contributed by atoms with Crippen molar-refractivity contribution >= 4 is 5.91 Å². The molecule has 1 heterocycles. The molecule has 150 valence electrons. The van der Waals surface area contributed by atoms with Crippen molar-refractivity contribution in [3.05, 3.63) is 0 Å². The standard InChI is InChI=1S/C20H36N2O4/c1-26-18-11-16(10-17(23)19(18)24)20(25)22-7-5-14(6-8-22)15-4-2-3-13(9-15)12-21/h13-19,23-24H,2-12,21H2,1H3. The normalized spacial score (nSPS) is 39.8. The summed E-state index contributed by atoms with van der Waals surface area (Å²) in [5.41, 5.74) is 5.88. The third-order valence-corrected chi connectivity index (χ3v) is 7.14. The average Bonchev–Trinajstić information content (AvgIpc) is 2.69. The zero-order valence-corrected chi connectivity index (χ0v) is 16.1. The maximum absolute atomic E-state index is 12.9. The van der Waals surface area contributed by atoms with Gasteiger partial charge in [0, 0.05) is 26.1 Å². The minimum Gasteiger partial charge on any atom is -0.390 e. The molecule has 26 heavy (non-hydrogen) atoms. The van der Waals surface area contributed by atoms with Crippen LogP contribution in [-0.2, 0) is 9.53 Å². The SMILES string of the molecule is COC1CC(C(=O)N2CCC(C3CCCC(CN)C3)CC2)CC(O)C1O. The van der Waals surface area contributed by atoms with Crippen molar-refractivity contribution in [3.8, 4) is 0 Å². The average molecular weight is 369 g/mol. The van der Waals surface area contributed by atoms with E-state index >= 15 is 0 Å². The second kappa shape index (κ2) is 9.00. The third-order valence-electron chi connectivity index (χ3n) is 7.14. The van der Waals surface area contributed by atoms with Gasteiger partial charge >= 0.3 is 0 Å². The van der Waals surface area contributed by atoms with Crippen LogP contribution in [0.1, 0.15) is 51.4 Å². The van der Waals surface area contributed by atoms with E-state index in [0.29, 0.717) is 18.8 Å². The number of ether oxygens (including phenoxy) is 1. The van der Waals surface area contributed by atoms with Crippen LogP contribution >= 0.6 is 0 Å². The lowest BCUT2D eigenvalue weighted by Crippen LogP contribution is -2.51. The summed E-state index contributed by atoms with van der Waals surface area (Å²) < 4.78 is 5.27. The maximum Gasteiger partial charge on any atom is 0.225 e. The molecule has 0 aromatic heterocycles. The number of hydrogen-bond donors (Lipinski definition) is 3. The Bertz CT molecular complexity index is 467. The molecule has 6 atom stereocenters. The number of amides is 1. The first kappa shape index (κ1) is 20.1. The summed E-state index contributed by atoms with van der Waals surface area (Å²) >= 11 is 0. The smallest absolute Gasteiger partial charge is 0.225 e. The Balaban J connectivity index is 1.50. The van der Waals surface area contributed by atoms with Crippen LogP contribution in [0, 0.1) is 23.7 Å². The fourth-order valence-corrected chi connectivity index (χ4v) is 5.46. The third kappa shape index (κ3) is 4.41. The lowest BCUT2D eigenvalue weighted by atomic mass is 9.72. The monoisotopic (exact) mass is 368 g/mol. The number of aliphatic hydroxyl groups excluding tert-OH is 2. The minimum absolute atomic E-state index is 0.125. The highest BCUT2D eigenvalue weighted by Crippen LogP contribution is 2.38. The van der Waals surface area contributed by atoms with Crippen molar-refractivity contribution < 1.29 is 19.7 Å². The Hall–Kier alpha value is -0.690. The molecule has 0 spiro atoms. The van der Waals surface area contributed by atoms with E-state index in [2.05, 4.69) is 0 Å². The largest absolute Gasteiger partial charge is 0.390 e. The Morgan fingerprint density at radius 2 is 1.81 bits per heavy atom. The molecule has 2 aliphatic carbocycles. The first-order chi connectivity index (χ1) is 12.5. The zero-order chi connectivity index (χ0) is 18.7. The van der Waals surface area contributed by atoms with Gasteiger partial charge in [-0.15, -0.1) is 0 Å². The topological polar surface area (TPSA) is 96.0 Å². The molecule has 0 bridgehead atoms. The molecule has 3 fully saturated rings. The van der Waals surface area contributed by atoms with Gasteiger partial charge in [-0.1, -0.05) is 12.8 Å². The second-order valence-electron chi connectivity index (χ2n) is 8.69. The first-order valence-corrected chi connectivity index (χ1v) is 10.4. The van der Waals surface area contributed by atoms with Crippen molar-refractivity contribution in [3.63, 3.8) is 0 Å². The number of rotatable bonds is 4. The highest BCUT2D eigenvalue weighted by atomic mass is 16.5. The quantitative estimate of drug-likeness (QED) is 0.691. The van der Waals surface area contributed by atoms with Crippen LogP contribution in [0.4, 0.5) is 0 Å². The van der Waals surface area contributed by atoms with Gasteiger partial charge < -0.3 is 25.6 Å². The van der Waals surface area contributed by atoms with Crippen LogP contribution in [0.15, 0.2) is 0 Å². The summed E-state index contributed by atoms with van der Waals surface area (Å²) in [5, 5.41) is 20.0. The molecule has 0 aromatic carbocycles. The van der Waals surface area contributed by atoms with Gasteiger partial charge in [0.05, 0.1) is 12.2 Å². The Morgan fingerprint density at radius 3 is 2.46 bits per heavy atom. The molecule has 3 rings (SSSR count). The molecule has 3 aliphatic rings. The van der Waals surface area contributed by atoms with Crippen LogP contribution < -0.4 is 5.73 Å². The van der Waals surface area contributed by atoms with Gasteiger partial charge in [-0.05, 0) is 62.8 Å². The lowest BCUT2D eigenvalue weighted by Gasteiger charge is -2.42. The number of aliphatic hydroxyl groups is 2. The van der Waals surface area contributed by atoms with E-state index in [0.717, 1.165) is 44.3 Å². The van der Waals surface area contributed by atoms with E-state index < -0.39 is 18.3 Å². The number of likely N-dealkylation sites (tertiary alicyclic amines) is 1. The zero-order valence-electron chi connectivity index (χ0n) is 16.1. The van der Waals surface area contributed by atoms with Gasteiger partial charge in [-0.3, -0.25) is 4.79 Å². The van der Waals surface area contributed by atoms with E-state index in [1.54, 1.807) is 0 Å². The molecule has 1 aliphatic heterocycles. The predicted octanol–water partition coefficient (Wildman–Crippen LogP) is 1.14. The van der Waals surface area contributed by atoms with Crippen LogP contribution in [-0.4, -0.2) is 66.1 Å². The molecule has 0 aromatic rings. The van der Waals surface area contributed by atoms with E-state index in [1.165, 1.54) is 32.8 Å². The van der Waals surface area contributed by atoms with E-state index in [1.807, 2.05) is 4.90 Å². The number of nitrogens with two attached hydrogens (primary N) is 1. The van der Waals surface area contributed by atoms with E-state index in [9.17, 15) is 15.0 Å². The molecule has 1 saturated heterocycles. The van der Waals surface area contributed by atoms with E-state index in [-0.39, 0.29) is 11.8 Å². The number of piperidine rings is 1. The van der Waals surface area contributed by atoms with Gasteiger partial charge in [0.15, 0.2) is 0 Å². The number of methoxy groups -OCH3 is 1. The van der Waals surface area contributed by atoms with Crippen molar-refractivity contribution in [2.24, 2.45) is 29.4 Å². The van der Waals surface area contributed by atoms with E-state index in [4.69, 9.17) is 10.5 Å². The summed E-state index contributed by atoms with van der Waals surface area (Å²) in [4.78, 5) is 14.9. The van der Waals surface area contributed by atoms with Gasteiger partial charge in [-0.25, -0.2) is 0 Å². The molecular formula is C20H36N2O4. The van der Waals surface area contributed by atoms with Crippen LogP contribution in [0.25, 0.3) is 0 Å². The molecule has 0 radical (unpaired) electrons. The number of hydrogen-bond acceptors (Lipinski definition) is 5. The number of nitrogens with zero attached hydrogens (tertiary/aromatic N) is 1. The first-order valence-electron chi connectivity index (χ1n) is 10.4. The van der Waals surface area contributed by atoms with Gasteiger partial charge in [0.25, 0.3) is 0 Å². The minimum atomic E-state index is -0.892. The van der Waals surface area contributed by atoms with Crippen LogP contribution in [0.2, 0.25) is 0 Å². The predicted molar refractivity (Wildman–Crippen MR) is 99.3 cm³/mol. The van der Waals surface area contributed by atoms with Crippen molar-refractivity contribution in [2.75, 3.05) is 26.7 Å². The molecule has 2 saturated carbocycles. The van der Waals surface area contributed by atoms with Crippen LogP contribution in [0.5, 0.6) is 0 Å². The van der Waals surface area contributed by atoms with Crippen molar-refractivity contribution in [2.45, 2.75) is 69.7 Å². The molecular weight excluding hydrogens is 332 g/mol. The fourth-order valence-electron chi connectivity index (χ4n) is 5.46. The molecule has 6 unspecified atom stereocenters. The Kier molecular flexibility index (Phi) is 6.94. The Morgan fingerprint density at radius 1 is 1.08 bits per heavy atom. The van der Waals surface area contributed by atoms with Gasteiger partial charge in [-0.2, -0.15) is 0 Å². The van der Waals surface area contributed by atoms with Gasteiger partial charge in [0.2, 0.25) is 5.91 Å². The number of carbonyl (C=O) groups is 1. The molecule has 4 N–H and O–H groups in total.